The first-order valence-electron chi connectivity index (χ1n) is 11.2. The number of nitrogens with one attached hydrogen (secondary N) is 1. The number of ether oxygens (including phenoxy) is 1. The van der Waals surface area contributed by atoms with Gasteiger partial charge in [-0.15, -0.1) is 0 Å². The minimum atomic E-state index is -0.786. The average Bonchev–Trinajstić information content (AvgIpc) is 2.79. The van der Waals surface area contributed by atoms with E-state index in [1.165, 1.54) is 22.8 Å². The van der Waals surface area contributed by atoms with Crippen molar-refractivity contribution >= 4 is 45.5 Å². The number of anilines is 1. The predicted octanol–water partition coefficient (Wildman–Crippen LogP) is 5.72. The van der Waals surface area contributed by atoms with Crippen LogP contribution in [0.25, 0.3) is 6.08 Å². The molecule has 6 nitrogen and oxygen atoms in total. The molecule has 0 radical (unpaired) electrons. The van der Waals surface area contributed by atoms with Gasteiger partial charge in [0.05, 0.1) is 12.3 Å². The minimum Gasteiger partial charge on any atom is -0.494 e. The van der Waals surface area contributed by atoms with Crippen LogP contribution in [0.4, 0.5) is 10.5 Å². The van der Waals surface area contributed by atoms with Crippen molar-refractivity contribution in [3.05, 3.63) is 98.5 Å². The fraction of sp³-hybridized carbons (Fsp3) is 0.179. The molecule has 0 bridgehead atoms. The van der Waals surface area contributed by atoms with Gasteiger partial charge in [-0.2, -0.15) is 0 Å². The monoisotopic (exact) mass is 532 g/mol. The summed E-state index contributed by atoms with van der Waals surface area (Å²) in [4.78, 5) is 39.1. The first-order chi connectivity index (χ1) is 16.7. The third-order valence-corrected chi connectivity index (χ3v) is 6.31. The Morgan fingerprint density at radius 1 is 0.943 bits per heavy atom. The highest BCUT2D eigenvalue weighted by Gasteiger charge is 2.36. The molecule has 1 N–H and O–H groups in total. The molecule has 0 spiro atoms. The largest absolute Gasteiger partial charge is 0.494 e. The summed E-state index contributed by atoms with van der Waals surface area (Å²) in [7, 11) is 0. The van der Waals surface area contributed by atoms with Crippen molar-refractivity contribution < 1.29 is 19.1 Å². The molecule has 7 heteroatoms. The molecule has 1 aliphatic rings. The fourth-order valence-electron chi connectivity index (χ4n) is 4.10. The van der Waals surface area contributed by atoms with Crippen LogP contribution in [0.1, 0.15) is 34.7 Å². The van der Waals surface area contributed by atoms with Gasteiger partial charge in [-0.1, -0.05) is 57.4 Å². The van der Waals surface area contributed by atoms with Gasteiger partial charge in [0, 0.05) is 4.47 Å². The summed E-state index contributed by atoms with van der Waals surface area (Å²) in [6.07, 6.45) is 2.25. The zero-order chi connectivity index (χ0) is 25.1. The third-order valence-electron chi connectivity index (χ3n) is 5.57. The van der Waals surface area contributed by atoms with E-state index >= 15 is 0 Å². The van der Waals surface area contributed by atoms with E-state index < -0.39 is 17.8 Å². The van der Waals surface area contributed by atoms with E-state index in [9.17, 15) is 14.4 Å². The maximum Gasteiger partial charge on any atom is 0.335 e. The first-order valence-corrected chi connectivity index (χ1v) is 12.0. The average molecular weight is 533 g/mol. The van der Waals surface area contributed by atoms with Crippen molar-refractivity contribution in [3.8, 4) is 5.75 Å². The summed E-state index contributed by atoms with van der Waals surface area (Å²) in [6, 6.07) is 17.9. The lowest BCUT2D eigenvalue weighted by Crippen LogP contribution is -2.54. The number of hydrogen-bond acceptors (Lipinski definition) is 4. The second kappa shape index (κ2) is 10.3. The van der Waals surface area contributed by atoms with E-state index in [0.29, 0.717) is 23.6 Å². The van der Waals surface area contributed by atoms with E-state index in [1.54, 1.807) is 24.3 Å². The van der Waals surface area contributed by atoms with E-state index in [0.717, 1.165) is 21.4 Å². The van der Waals surface area contributed by atoms with Gasteiger partial charge in [0.15, 0.2) is 0 Å². The molecule has 0 aromatic heterocycles. The van der Waals surface area contributed by atoms with Crippen molar-refractivity contribution in [2.24, 2.45) is 0 Å². The van der Waals surface area contributed by atoms with E-state index in [4.69, 9.17) is 4.74 Å². The molecule has 0 atom stereocenters. The molecule has 4 rings (SSSR count). The smallest absolute Gasteiger partial charge is 0.335 e. The molecule has 35 heavy (non-hydrogen) atoms. The molecule has 3 aromatic rings. The summed E-state index contributed by atoms with van der Waals surface area (Å²) < 4.78 is 6.28. The molecule has 0 unspecified atom stereocenters. The minimum absolute atomic E-state index is 0.118. The fourth-order valence-corrected chi connectivity index (χ4v) is 4.64. The number of aryl methyl sites for hydroxylation is 2. The highest BCUT2D eigenvalue weighted by Crippen LogP contribution is 2.27. The Morgan fingerprint density at radius 3 is 2.26 bits per heavy atom. The second-order valence-electron chi connectivity index (χ2n) is 8.41. The lowest BCUT2D eigenvalue weighted by Gasteiger charge is -2.26. The van der Waals surface area contributed by atoms with Gasteiger partial charge in [0.1, 0.15) is 11.3 Å². The molecule has 178 valence electrons. The third kappa shape index (κ3) is 5.52. The molecule has 1 fully saturated rings. The van der Waals surface area contributed by atoms with Gasteiger partial charge in [0.25, 0.3) is 11.8 Å². The number of benzene rings is 3. The van der Waals surface area contributed by atoms with Crippen LogP contribution in [0, 0.1) is 13.8 Å². The number of imide groups is 2. The highest BCUT2D eigenvalue weighted by atomic mass is 79.9. The number of rotatable bonds is 6. The predicted molar refractivity (Wildman–Crippen MR) is 139 cm³/mol. The number of carbonyl (C=O) groups excluding carboxylic acids is 3. The maximum absolute atomic E-state index is 13.2. The number of amides is 4. The van der Waals surface area contributed by atoms with Crippen LogP contribution in [-0.2, 0) is 16.0 Å². The summed E-state index contributed by atoms with van der Waals surface area (Å²) in [5.74, 6) is -0.783. The number of barbiturate groups is 1. The lowest BCUT2D eigenvalue weighted by molar-refractivity contribution is -0.122. The summed E-state index contributed by atoms with van der Waals surface area (Å²) >= 11 is 3.62. The van der Waals surface area contributed by atoms with E-state index in [1.807, 2.05) is 25.1 Å². The summed E-state index contributed by atoms with van der Waals surface area (Å²) in [6.45, 7) is 6.53. The van der Waals surface area contributed by atoms with Crippen LogP contribution in [0.15, 0.2) is 70.7 Å². The molecule has 0 aliphatic carbocycles. The van der Waals surface area contributed by atoms with E-state index in [-0.39, 0.29) is 5.57 Å². The van der Waals surface area contributed by atoms with Crippen molar-refractivity contribution in [2.75, 3.05) is 11.5 Å². The maximum atomic E-state index is 13.2. The van der Waals surface area contributed by atoms with Crippen LogP contribution in [-0.4, -0.2) is 24.5 Å². The number of carbonyl (C=O) groups is 3. The van der Waals surface area contributed by atoms with Crippen LogP contribution < -0.4 is 15.0 Å². The topological polar surface area (TPSA) is 75.7 Å². The normalized spacial score (nSPS) is 14.9. The van der Waals surface area contributed by atoms with Gasteiger partial charge in [-0.3, -0.25) is 14.9 Å². The van der Waals surface area contributed by atoms with Gasteiger partial charge >= 0.3 is 6.03 Å². The summed E-state index contributed by atoms with van der Waals surface area (Å²) in [5.41, 5.74) is 5.62. The Kier molecular flexibility index (Phi) is 7.17. The van der Waals surface area contributed by atoms with Gasteiger partial charge in [0.2, 0.25) is 0 Å². The molecule has 1 aliphatic heterocycles. The second-order valence-corrected chi connectivity index (χ2v) is 9.26. The molecule has 3 aromatic carbocycles. The van der Waals surface area contributed by atoms with Crippen LogP contribution in [0.3, 0.4) is 0 Å². The Balaban J connectivity index is 1.59. The lowest BCUT2D eigenvalue weighted by atomic mass is 9.99. The first kappa shape index (κ1) is 24.4. The molecule has 4 amide bonds. The molecular formula is C28H25BrN2O4. The standard InChI is InChI=1S/C28H25BrN2O4/c1-4-35-23-9-7-22(8-10-23)31-27(33)24(26(32)30-28(31)34)15-19-5-6-21(25(29)16-19)14-20-12-17(2)11-18(3)13-20/h5-13,15-16H,4,14H2,1-3H3,(H,30,32,34)/b24-15+. The summed E-state index contributed by atoms with van der Waals surface area (Å²) in [5, 5.41) is 2.25. The molecule has 0 saturated carbocycles. The zero-order valence-electron chi connectivity index (χ0n) is 19.7. The van der Waals surface area contributed by atoms with Crippen molar-refractivity contribution in [3.63, 3.8) is 0 Å². The van der Waals surface area contributed by atoms with Gasteiger partial charge in [-0.25, -0.2) is 9.69 Å². The number of nitrogens with zero attached hydrogens (tertiary/aromatic N) is 1. The number of urea groups is 1. The SMILES string of the molecule is CCOc1ccc(N2C(=O)NC(=O)/C(=C\c3ccc(Cc4cc(C)cc(C)c4)c(Br)c3)C2=O)cc1. The highest BCUT2D eigenvalue weighted by molar-refractivity contribution is 9.10. The van der Waals surface area contributed by atoms with E-state index in [2.05, 4.69) is 53.3 Å². The van der Waals surface area contributed by atoms with Crippen LogP contribution in [0.2, 0.25) is 0 Å². The van der Waals surface area contributed by atoms with Gasteiger partial charge < -0.3 is 4.74 Å². The number of halogens is 1. The van der Waals surface area contributed by atoms with Gasteiger partial charge in [-0.05, 0) is 80.3 Å². The van der Waals surface area contributed by atoms with Crippen molar-refractivity contribution in [2.45, 2.75) is 27.2 Å². The molecule has 1 heterocycles. The van der Waals surface area contributed by atoms with Crippen molar-refractivity contribution in [1.29, 1.82) is 0 Å². The quantitative estimate of drug-likeness (QED) is 0.325. The van der Waals surface area contributed by atoms with Crippen LogP contribution >= 0.6 is 15.9 Å². The molecular weight excluding hydrogens is 508 g/mol. The Hall–Kier alpha value is -3.71. The van der Waals surface area contributed by atoms with Crippen LogP contribution in [0.5, 0.6) is 5.75 Å². The Labute approximate surface area is 212 Å². The Morgan fingerprint density at radius 2 is 1.63 bits per heavy atom. The molecule has 1 saturated heterocycles. The zero-order valence-corrected chi connectivity index (χ0v) is 21.3. The Bertz CT molecular complexity index is 1330. The number of hydrogen-bond donors (Lipinski definition) is 1. The van der Waals surface area contributed by atoms with Crippen molar-refractivity contribution in [1.82, 2.24) is 5.32 Å².